The highest BCUT2D eigenvalue weighted by Crippen LogP contribution is 2.25. The summed E-state index contributed by atoms with van der Waals surface area (Å²) in [5.41, 5.74) is 8.16. The molecule has 0 aliphatic heterocycles. The van der Waals surface area contributed by atoms with Crippen molar-refractivity contribution in [2.24, 2.45) is 5.73 Å². The van der Waals surface area contributed by atoms with E-state index in [1.54, 1.807) is 0 Å². The van der Waals surface area contributed by atoms with Crippen LogP contribution in [0.15, 0.2) is 6.07 Å². The van der Waals surface area contributed by atoms with Gasteiger partial charge in [-0.2, -0.15) is 5.10 Å². The van der Waals surface area contributed by atoms with Gasteiger partial charge in [-0.3, -0.25) is 9.58 Å². The van der Waals surface area contributed by atoms with Gasteiger partial charge in [-0.25, -0.2) is 0 Å². The number of hydrogen-bond donors (Lipinski definition) is 1. The van der Waals surface area contributed by atoms with E-state index < -0.39 is 0 Å². The maximum Gasteiger partial charge on any atom is 0.0597 e. The predicted molar refractivity (Wildman–Crippen MR) is 79.0 cm³/mol. The van der Waals surface area contributed by atoms with E-state index in [0.29, 0.717) is 0 Å². The van der Waals surface area contributed by atoms with Crippen LogP contribution in [0.3, 0.4) is 0 Å². The van der Waals surface area contributed by atoms with Crippen molar-refractivity contribution in [3.05, 3.63) is 17.5 Å². The summed E-state index contributed by atoms with van der Waals surface area (Å²) < 4.78 is 2.14. The normalized spacial score (nSPS) is 16.6. The molecule has 0 bridgehead atoms. The molecular weight excluding hydrogens is 236 g/mol. The number of hydrogen-bond acceptors (Lipinski definition) is 3. The molecule has 0 saturated heterocycles. The summed E-state index contributed by atoms with van der Waals surface area (Å²) in [5, 5.41) is 4.55. The molecule has 1 aliphatic carbocycles. The molecule has 0 aromatic carbocycles. The Morgan fingerprint density at radius 1 is 1.42 bits per heavy atom. The van der Waals surface area contributed by atoms with Crippen LogP contribution < -0.4 is 5.73 Å². The molecule has 1 heterocycles. The first-order valence-corrected chi connectivity index (χ1v) is 7.72. The van der Waals surface area contributed by atoms with Crippen molar-refractivity contribution in [1.29, 1.82) is 0 Å². The minimum absolute atomic E-state index is 0.757. The number of rotatable bonds is 7. The van der Waals surface area contributed by atoms with Gasteiger partial charge in [0.1, 0.15) is 0 Å². The highest BCUT2D eigenvalue weighted by atomic mass is 15.3. The molecular formula is C15H28N4. The summed E-state index contributed by atoms with van der Waals surface area (Å²) in [6, 6.07) is 2.99. The van der Waals surface area contributed by atoms with Crippen LogP contribution in [0, 0.1) is 6.92 Å². The summed E-state index contributed by atoms with van der Waals surface area (Å²) in [4.78, 5) is 2.63. The molecule has 108 valence electrons. The van der Waals surface area contributed by atoms with E-state index in [1.165, 1.54) is 31.4 Å². The average molecular weight is 264 g/mol. The van der Waals surface area contributed by atoms with Gasteiger partial charge < -0.3 is 5.73 Å². The predicted octanol–water partition coefficient (Wildman–Crippen LogP) is 2.30. The van der Waals surface area contributed by atoms with Crippen LogP contribution in [0.4, 0.5) is 0 Å². The Morgan fingerprint density at radius 2 is 2.16 bits per heavy atom. The van der Waals surface area contributed by atoms with Crippen molar-refractivity contribution in [2.75, 3.05) is 13.1 Å². The Hall–Kier alpha value is -0.870. The minimum Gasteiger partial charge on any atom is -0.330 e. The molecule has 2 N–H and O–H groups in total. The third kappa shape index (κ3) is 3.80. The molecule has 0 radical (unpaired) electrons. The molecule has 0 spiro atoms. The van der Waals surface area contributed by atoms with Crippen LogP contribution >= 0.6 is 0 Å². The molecule has 0 amide bonds. The second-order valence-corrected chi connectivity index (χ2v) is 5.64. The minimum atomic E-state index is 0.757. The van der Waals surface area contributed by atoms with Crippen LogP contribution in [0.2, 0.25) is 0 Å². The van der Waals surface area contributed by atoms with Crippen molar-refractivity contribution in [3.63, 3.8) is 0 Å². The first-order chi connectivity index (χ1) is 9.24. The lowest BCUT2D eigenvalue weighted by atomic mass is 10.2. The monoisotopic (exact) mass is 264 g/mol. The Kier molecular flexibility index (Phi) is 5.40. The maximum absolute atomic E-state index is 5.68. The van der Waals surface area contributed by atoms with Crippen LogP contribution in [-0.4, -0.2) is 33.8 Å². The second-order valence-electron chi connectivity index (χ2n) is 5.64. The van der Waals surface area contributed by atoms with Gasteiger partial charge in [0.25, 0.3) is 0 Å². The quantitative estimate of drug-likeness (QED) is 0.822. The van der Waals surface area contributed by atoms with Crippen LogP contribution in [0.5, 0.6) is 0 Å². The summed E-state index contributed by atoms with van der Waals surface area (Å²) in [6.07, 6.45) is 6.56. The fourth-order valence-electron chi connectivity index (χ4n) is 3.16. The van der Waals surface area contributed by atoms with Crippen LogP contribution in [-0.2, 0) is 13.1 Å². The highest BCUT2D eigenvalue weighted by Gasteiger charge is 2.23. The topological polar surface area (TPSA) is 47.1 Å². The number of nitrogens with zero attached hydrogens (tertiary/aromatic N) is 3. The van der Waals surface area contributed by atoms with Gasteiger partial charge >= 0.3 is 0 Å². The lowest BCUT2D eigenvalue weighted by molar-refractivity contribution is 0.183. The molecule has 19 heavy (non-hydrogen) atoms. The molecule has 1 aliphatic rings. The molecule has 1 aromatic rings. The molecule has 0 unspecified atom stereocenters. The van der Waals surface area contributed by atoms with E-state index in [4.69, 9.17) is 5.73 Å². The summed E-state index contributed by atoms with van der Waals surface area (Å²) in [7, 11) is 0. The van der Waals surface area contributed by atoms with E-state index in [-0.39, 0.29) is 0 Å². The Balaban J connectivity index is 2.05. The molecule has 1 aromatic heterocycles. The first-order valence-electron chi connectivity index (χ1n) is 7.72. The van der Waals surface area contributed by atoms with E-state index in [0.717, 1.165) is 44.3 Å². The third-order valence-electron chi connectivity index (χ3n) is 4.14. The fourth-order valence-corrected chi connectivity index (χ4v) is 3.16. The van der Waals surface area contributed by atoms with Crippen LogP contribution in [0.25, 0.3) is 0 Å². The van der Waals surface area contributed by atoms with Crippen molar-refractivity contribution in [3.8, 4) is 0 Å². The van der Waals surface area contributed by atoms with Gasteiger partial charge in [0.2, 0.25) is 0 Å². The van der Waals surface area contributed by atoms with E-state index in [2.05, 4.69) is 34.6 Å². The standard InChI is InChI=1S/C15H28N4/c1-3-19-15(11-13(2)17-19)12-18(10-6-9-16)14-7-4-5-8-14/h11,14H,3-10,12,16H2,1-2H3. The van der Waals surface area contributed by atoms with Gasteiger partial charge in [0, 0.05) is 25.7 Å². The molecule has 4 heteroatoms. The van der Waals surface area contributed by atoms with Gasteiger partial charge in [0.05, 0.1) is 11.4 Å². The lowest BCUT2D eigenvalue weighted by Gasteiger charge is -2.28. The zero-order valence-electron chi connectivity index (χ0n) is 12.4. The highest BCUT2D eigenvalue weighted by molar-refractivity contribution is 5.09. The smallest absolute Gasteiger partial charge is 0.0597 e. The molecule has 2 rings (SSSR count). The maximum atomic E-state index is 5.68. The summed E-state index contributed by atoms with van der Waals surface area (Å²) in [5.74, 6) is 0. The number of aryl methyl sites for hydroxylation is 2. The van der Waals surface area contributed by atoms with E-state index >= 15 is 0 Å². The van der Waals surface area contributed by atoms with Gasteiger partial charge in [-0.05, 0) is 45.7 Å². The first kappa shape index (κ1) is 14.5. The summed E-state index contributed by atoms with van der Waals surface area (Å²) in [6.45, 7) is 8.13. The Labute approximate surface area is 117 Å². The van der Waals surface area contributed by atoms with Gasteiger partial charge in [0.15, 0.2) is 0 Å². The Morgan fingerprint density at radius 3 is 2.79 bits per heavy atom. The van der Waals surface area contributed by atoms with Crippen molar-refractivity contribution < 1.29 is 0 Å². The summed E-state index contributed by atoms with van der Waals surface area (Å²) >= 11 is 0. The zero-order chi connectivity index (χ0) is 13.7. The third-order valence-corrected chi connectivity index (χ3v) is 4.14. The van der Waals surface area contributed by atoms with Crippen LogP contribution in [0.1, 0.15) is 50.4 Å². The van der Waals surface area contributed by atoms with E-state index in [1.807, 2.05) is 0 Å². The van der Waals surface area contributed by atoms with Gasteiger partial charge in [-0.15, -0.1) is 0 Å². The molecule has 1 fully saturated rings. The fraction of sp³-hybridized carbons (Fsp3) is 0.800. The van der Waals surface area contributed by atoms with E-state index in [9.17, 15) is 0 Å². The number of aromatic nitrogens is 2. The largest absolute Gasteiger partial charge is 0.330 e. The van der Waals surface area contributed by atoms with Crippen molar-refractivity contribution >= 4 is 0 Å². The van der Waals surface area contributed by atoms with Crippen molar-refractivity contribution in [2.45, 2.75) is 65.1 Å². The SMILES string of the molecule is CCn1nc(C)cc1CN(CCCN)C1CCCC1. The number of nitrogens with two attached hydrogens (primary N) is 1. The van der Waals surface area contributed by atoms with Gasteiger partial charge in [-0.1, -0.05) is 12.8 Å². The van der Waals surface area contributed by atoms with Crippen molar-refractivity contribution in [1.82, 2.24) is 14.7 Å². The Bertz CT molecular complexity index is 379. The molecule has 1 saturated carbocycles. The average Bonchev–Trinajstić information content (AvgIpc) is 3.03. The second kappa shape index (κ2) is 7.06. The molecule has 4 nitrogen and oxygen atoms in total. The zero-order valence-corrected chi connectivity index (χ0v) is 12.4. The lowest BCUT2D eigenvalue weighted by Crippen LogP contribution is -2.35. The molecule has 0 atom stereocenters.